The number of benzene rings is 1. The Labute approximate surface area is 140 Å². The highest BCUT2D eigenvalue weighted by Gasteiger charge is 2.14. The fourth-order valence-corrected chi connectivity index (χ4v) is 2.66. The van der Waals surface area contributed by atoms with Gasteiger partial charge in [-0.2, -0.15) is 0 Å². The summed E-state index contributed by atoms with van der Waals surface area (Å²) in [6, 6.07) is 10.3. The summed E-state index contributed by atoms with van der Waals surface area (Å²) in [4.78, 5) is 9.47. The van der Waals surface area contributed by atoms with Crippen molar-refractivity contribution in [2.75, 3.05) is 58.8 Å². The Hall–Kier alpha value is -1.59. The van der Waals surface area contributed by atoms with Crippen LogP contribution in [0.25, 0.3) is 0 Å². The highest BCUT2D eigenvalue weighted by molar-refractivity contribution is 5.93. The van der Waals surface area contributed by atoms with Crippen molar-refractivity contribution in [1.82, 2.24) is 9.80 Å². The summed E-state index contributed by atoms with van der Waals surface area (Å²) < 4.78 is 5.12. The minimum absolute atomic E-state index is 0.765. The van der Waals surface area contributed by atoms with Gasteiger partial charge in [0.15, 0.2) is 5.96 Å². The molecule has 0 atom stereocenters. The van der Waals surface area contributed by atoms with Crippen LogP contribution in [0.15, 0.2) is 35.3 Å². The number of methoxy groups -OCH3 is 1. The molecule has 0 aromatic heterocycles. The molecule has 1 heterocycles. The van der Waals surface area contributed by atoms with Crippen molar-refractivity contribution >= 4 is 11.6 Å². The highest BCUT2D eigenvalue weighted by atomic mass is 16.5. The first kappa shape index (κ1) is 17.8. The maximum absolute atomic E-state index is 5.12. The molecule has 0 aliphatic carbocycles. The number of aliphatic imine (C=N–C) groups is 1. The van der Waals surface area contributed by atoms with E-state index in [4.69, 9.17) is 9.73 Å². The second kappa shape index (κ2) is 10.2. The van der Waals surface area contributed by atoms with E-state index in [0.717, 1.165) is 51.0 Å². The van der Waals surface area contributed by atoms with Gasteiger partial charge in [0, 0.05) is 39.0 Å². The van der Waals surface area contributed by atoms with E-state index in [1.165, 1.54) is 19.3 Å². The summed E-state index contributed by atoms with van der Waals surface area (Å²) in [6.45, 7) is 5.64. The van der Waals surface area contributed by atoms with Crippen LogP contribution in [-0.4, -0.2) is 69.2 Å². The normalized spacial score (nSPS) is 16.0. The smallest absolute Gasteiger partial charge is 0.198 e. The third kappa shape index (κ3) is 6.59. The molecule has 23 heavy (non-hydrogen) atoms. The van der Waals surface area contributed by atoms with Gasteiger partial charge in [-0.15, -0.1) is 0 Å². The molecule has 1 saturated heterocycles. The molecule has 1 aliphatic heterocycles. The Morgan fingerprint density at radius 3 is 2.61 bits per heavy atom. The Kier molecular flexibility index (Phi) is 7.90. The molecule has 1 aliphatic rings. The lowest BCUT2D eigenvalue weighted by Gasteiger charge is -2.30. The molecule has 1 aromatic rings. The molecule has 128 valence electrons. The number of guanidine groups is 1. The van der Waals surface area contributed by atoms with E-state index in [1.807, 2.05) is 6.07 Å². The fourth-order valence-electron chi connectivity index (χ4n) is 2.66. The zero-order valence-corrected chi connectivity index (χ0v) is 14.5. The molecule has 1 aromatic carbocycles. The molecular formula is C18H30N4O. The number of hydrogen-bond donors (Lipinski definition) is 1. The van der Waals surface area contributed by atoms with E-state index in [1.54, 1.807) is 7.11 Å². The summed E-state index contributed by atoms with van der Waals surface area (Å²) in [5.74, 6) is 1.01. The van der Waals surface area contributed by atoms with Crippen LogP contribution < -0.4 is 5.32 Å². The summed E-state index contributed by atoms with van der Waals surface area (Å²) in [7, 11) is 3.85. The first-order valence-electron chi connectivity index (χ1n) is 8.58. The zero-order chi connectivity index (χ0) is 16.3. The topological polar surface area (TPSA) is 40.1 Å². The van der Waals surface area contributed by atoms with Crippen molar-refractivity contribution in [3.63, 3.8) is 0 Å². The van der Waals surface area contributed by atoms with Crippen LogP contribution in [-0.2, 0) is 4.74 Å². The lowest BCUT2D eigenvalue weighted by atomic mass is 10.1. The van der Waals surface area contributed by atoms with Gasteiger partial charge in [0.25, 0.3) is 0 Å². The zero-order valence-electron chi connectivity index (χ0n) is 14.5. The number of ether oxygens (including phenoxy) is 1. The van der Waals surface area contributed by atoms with Crippen LogP contribution in [0, 0.1) is 0 Å². The van der Waals surface area contributed by atoms with Crippen LogP contribution >= 0.6 is 0 Å². The molecule has 0 amide bonds. The van der Waals surface area contributed by atoms with E-state index in [0.29, 0.717) is 0 Å². The van der Waals surface area contributed by atoms with Gasteiger partial charge in [-0.3, -0.25) is 4.99 Å². The molecule has 0 saturated carbocycles. The number of nitrogens with one attached hydrogen (secondary N) is 1. The molecule has 1 N–H and O–H groups in total. The first-order chi connectivity index (χ1) is 11.3. The van der Waals surface area contributed by atoms with E-state index >= 15 is 0 Å². The average Bonchev–Trinajstić information content (AvgIpc) is 2.61. The van der Waals surface area contributed by atoms with Gasteiger partial charge < -0.3 is 19.9 Å². The number of likely N-dealkylation sites (tertiary alicyclic amines) is 1. The Morgan fingerprint density at radius 2 is 1.91 bits per heavy atom. The van der Waals surface area contributed by atoms with Gasteiger partial charge in [0.05, 0.1) is 13.2 Å². The standard InChI is InChI=1S/C18H30N4O/c1-21(15-16-23-2)14-11-19-18(22-12-7-4-8-13-22)20-17-9-5-3-6-10-17/h3,5-6,9-10H,4,7-8,11-16H2,1-2H3,(H,19,20). The lowest BCUT2D eigenvalue weighted by molar-refractivity contribution is 0.163. The second-order valence-corrected chi connectivity index (χ2v) is 6.04. The second-order valence-electron chi connectivity index (χ2n) is 6.04. The van der Waals surface area contributed by atoms with Gasteiger partial charge in [0.2, 0.25) is 0 Å². The molecule has 2 rings (SSSR count). The summed E-state index contributed by atoms with van der Waals surface area (Å²) in [5.41, 5.74) is 1.10. The van der Waals surface area contributed by atoms with Crippen LogP contribution in [0.3, 0.4) is 0 Å². The van der Waals surface area contributed by atoms with Crippen LogP contribution in [0.5, 0.6) is 0 Å². The lowest BCUT2D eigenvalue weighted by Crippen LogP contribution is -2.40. The molecule has 0 bridgehead atoms. The summed E-state index contributed by atoms with van der Waals surface area (Å²) in [5, 5.41) is 3.50. The first-order valence-corrected chi connectivity index (χ1v) is 8.58. The van der Waals surface area contributed by atoms with Gasteiger partial charge in [-0.05, 0) is 38.4 Å². The van der Waals surface area contributed by atoms with E-state index in [2.05, 4.69) is 46.4 Å². The molecule has 5 nitrogen and oxygen atoms in total. The van der Waals surface area contributed by atoms with Crippen molar-refractivity contribution in [2.24, 2.45) is 4.99 Å². The van der Waals surface area contributed by atoms with Crippen molar-refractivity contribution in [3.05, 3.63) is 30.3 Å². The third-order valence-electron chi connectivity index (χ3n) is 4.11. The van der Waals surface area contributed by atoms with Gasteiger partial charge in [-0.1, -0.05) is 18.2 Å². The predicted molar refractivity (Wildman–Crippen MR) is 97.2 cm³/mol. The number of nitrogens with zero attached hydrogens (tertiary/aromatic N) is 3. The van der Waals surface area contributed by atoms with Crippen molar-refractivity contribution < 1.29 is 4.74 Å². The van der Waals surface area contributed by atoms with Crippen LogP contribution in [0.2, 0.25) is 0 Å². The SMILES string of the molecule is COCCN(C)CCN=C(Nc1ccccc1)N1CCCCC1. The van der Waals surface area contributed by atoms with Crippen LogP contribution in [0.4, 0.5) is 5.69 Å². The maximum atomic E-state index is 5.12. The molecule has 1 fully saturated rings. The quantitative estimate of drug-likeness (QED) is 0.619. The predicted octanol–water partition coefficient (Wildman–Crippen LogP) is 2.52. The van der Waals surface area contributed by atoms with Gasteiger partial charge >= 0.3 is 0 Å². The minimum atomic E-state index is 0.765. The third-order valence-corrected chi connectivity index (χ3v) is 4.11. The summed E-state index contributed by atoms with van der Waals surface area (Å²) >= 11 is 0. The molecule has 0 radical (unpaired) electrons. The van der Waals surface area contributed by atoms with E-state index in [9.17, 15) is 0 Å². The Morgan fingerprint density at radius 1 is 1.17 bits per heavy atom. The number of likely N-dealkylation sites (N-methyl/N-ethyl adjacent to an activating group) is 1. The molecule has 0 spiro atoms. The summed E-state index contributed by atoms with van der Waals surface area (Å²) in [6.07, 6.45) is 3.83. The molecular weight excluding hydrogens is 288 g/mol. The van der Waals surface area contributed by atoms with E-state index < -0.39 is 0 Å². The number of para-hydroxylation sites is 1. The molecule has 5 heteroatoms. The Balaban J connectivity index is 1.93. The molecule has 0 unspecified atom stereocenters. The van der Waals surface area contributed by atoms with Crippen LogP contribution in [0.1, 0.15) is 19.3 Å². The maximum Gasteiger partial charge on any atom is 0.198 e. The van der Waals surface area contributed by atoms with Crippen molar-refractivity contribution in [1.29, 1.82) is 0 Å². The van der Waals surface area contributed by atoms with E-state index in [-0.39, 0.29) is 0 Å². The largest absolute Gasteiger partial charge is 0.383 e. The number of piperidine rings is 1. The number of anilines is 1. The van der Waals surface area contributed by atoms with Crippen molar-refractivity contribution in [2.45, 2.75) is 19.3 Å². The van der Waals surface area contributed by atoms with Gasteiger partial charge in [-0.25, -0.2) is 0 Å². The van der Waals surface area contributed by atoms with Crippen molar-refractivity contribution in [3.8, 4) is 0 Å². The minimum Gasteiger partial charge on any atom is -0.383 e. The monoisotopic (exact) mass is 318 g/mol. The Bertz CT molecular complexity index is 457. The fraction of sp³-hybridized carbons (Fsp3) is 0.611. The van der Waals surface area contributed by atoms with Gasteiger partial charge in [0.1, 0.15) is 0 Å². The number of rotatable bonds is 7. The average molecular weight is 318 g/mol. The highest BCUT2D eigenvalue weighted by Crippen LogP contribution is 2.12. The number of hydrogen-bond acceptors (Lipinski definition) is 3.